The minimum atomic E-state index is 0.214. The molecule has 0 fully saturated rings. The zero-order chi connectivity index (χ0) is 14.5. The molecule has 0 aromatic heterocycles. The van der Waals surface area contributed by atoms with Crippen LogP contribution in [0.15, 0.2) is 24.3 Å². The van der Waals surface area contributed by atoms with Crippen LogP contribution < -0.4 is 5.32 Å². The van der Waals surface area contributed by atoms with Crippen molar-refractivity contribution in [3.05, 3.63) is 35.4 Å². The fraction of sp³-hybridized carbons (Fsp3) is 0.588. The molecule has 110 valence electrons. The van der Waals surface area contributed by atoms with E-state index in [0.29, 0.717) is 12.5 Å². The third kappa shape index (κ3) is 3.60. The molecule has 0 saturated heterocycles. The van der Waals surface area contributed by atoms with E-state index in [4.69, 9.17) is 0 Å². The summed E-state index contributed by atoms with van der Waals surface area (Å²) < 4.78 is 0. The van der Waals surface area contributed by atoms with Crippen LogP contribution in [0.2, 0.25) is 0 Å². The predicted molar refractivity (Wildman–Crippen MR) is 81.4 cm³/mol. The van der Waals surface area contributed by atoms with Crippen molar-refractivity contribution in [1.82, 2.24) is 4.90 Å². The predicted octanol–water partition coefficient (Wildman–Crippen LogP) is 1.74. The minimum Gasteiger partial charge on any atom is -0.338 e. The van der Waals surface area contributed by atoms with Gasteiger partial charge in [-0.2, -0.15) is 0 Å². The van der Waals surface area contributed by atoms with Gasteiger partial charge in [-0.3, -0.25) is 4.79 Å². The number of carbonyl (C=O) groups excluding carboxylic acids is 1. The molecule has 20 heavy (non-hydrogen) atoms. The van der Waals surface area contributed by atoms with Gasteiger partial charge in [0.05, 0.1) is 12.6 Å². The smallest absolute Gasteiger partial charge is 0.278 e. The second-order valence-corrected chi connectivity index (χ2v) is 6.18. The Hall–Kier alpha value is -1.35. The number of carbonyl (C=O) groups is 1. The second-order valence-electron chi connectivity index (χ2n) is 6.18. The summed E-state index contributed by atoms with van der Waals surface area (Å²) in [6, 6.07) is 8.71. The summed E-state index contributed by atoms with van der Waals surface area (Å²) in [5.41, 5.74) is 2.71. The molecule has 3 heteroatoms. The Bertz CT molecular complexity index is 456. The zero-order valence-corrected chi connectivity index (χ0v) is 12.9. The van der Waals surface area contributed by atoms with Crippen LogP contribution in [-0.2, 0) is 11.2 Å². The van der Waals surface area contributed by atoms with E-state index in [1.54, 1.807) is 0 Å². The second kappa shape index (κ2) is 6.89. The Kier molecular flexibility index (Phi) is 5.18. The summed E-state index contributed by atoms with van der Waals surface area (Å²) >= 11 is 0. The number of amides is 1. The summed E-state index contributed by atoms with van der Waals surface area (Å²) in [7, 11) is 0. The summed E-state index contributed by atoms with van der Waals surface area (Å²) in [6.07, 6.45) is 2.16. The highest BCUT2D eigenvalue weighted by atomic mass is 16.2. The molecular formula is C17H27N2O+. The van der Waals surface area contributed by atoms with Crippen LogP contribution in [0.25, 0.3) is 0 Å². The lowest BCUT2D eigenvalue weighted by molar-refractivity contribution is -0.645. The highest BCUT2D eigenvalue weighted by Crippen LogP contribution is 2.28. The van der Waals surface area contributed by atoms with Gasteiger partial charge in [-0.1, -0.05) is 38.1 Å². The van der Waals surface area contributed by atoms with Gasteiger partial charge in [0.2, 0.25) is 0 Å². The minimum absolute atomic E-state index is 0.214. The number of fused-ring (bicyclic) bond motifs is 1. The number of hydrogen-bond acceptors (Lipinski definition) is 1. The molecule has 3 nitrogen and oxygen atoms in total. The van der Waals surface area contributed by atoms with Gasteiger partial charge in [0, 0.05) is 6.54 Å². The third-order valence-corrected chi connectivity index (χ3v) is 4.18. The molecule has 1 aromatic rings. The quantitative estimate of drug-likeness (QED) is 0.817. The molecule has 0 unspecified atom stereocenters. The van der Waals surface area contributed by atoms with E-state index in [2.05, 4.69) is 50.4 Å². The van der Waals surface area contributed by atoms with Crippen molar-refractivity contribution in [2.75, 3.05) is 19.6 Å². The molecule has 0 bridgehead atoms. The normalized spacial score (nSPS) is 18.2. The van der Waals surface area contributed by atoms with Crippen LogP contribution in [-0.4, -0.2) is 30.4 Å². The van der Waals surface area contributed by atoms with E-state index in [-0.39, 0.29) is 11.9 Å². The summed E-state index contributed by atoms with van der Waals surface area (Å²) in [4.78, 5) is 14.4. The van der Waals surface area contributed by atoms with E-state index in [1.807, 2.05) is 4.90 Å². The van der Waals surface area contributed by atoms with Crippen LogP contribution in [0.5, 0.6) is 0 Å². The number of nitrogens with two attached hydrogens (primary N) is 1. The van der Waals surface area contributed by atoms with Crippen molar-refractivity contribution in [2.45, 2.75) is 39.7 Å². The average Bonchev–Trinajstić information content (AvgIpc) is 2.44. The molecule has 1 aliphatic heterocycles. The lowest BCUT2D eigenvalue weighted by Crippen LogP contribution is -2.86. The van der Waals surface area contributed by atoms with Gasteiger partial charge in [-0.25, -0.2) is 0 Å². The summed E-state index contributed by atoms with van der Waals surface area (Å²) in [5.74, 6) is 0.984. The maximum atomic E-state index is 12.4. The van der Waals surface area contributed by atoms with Gasteiger partial charge in [0.1, 0.15) is 0 Å². The van der Waals surface area contributed by atoms with Gasteiger partial charge in [0.15, 0.2) is 6.54 Å². The molecule has 0 spiro atoms. The Morgan fingerprint density at radius 2 is 2.15 bits per heavy atom. The van der Waals surface area contributed by atoms with Crippen molar-refractivity contribution < 1.29 is 10.1 Å². The summed E-state index contributed by atoms with van der Waals surface area (Å²) in [6.45, 7) is 9.07. The lowest BCUT2D eigenvalue weighted by Gasteiger charge is -2.34. The Labute approximate surface area is 122 Å². The topological polar surface area (TPSA) is 36.9 Å². The molecule has 0 aliphatic carbocycles. The number of quaternary nitrogens is 1. The Morgan fingerprint density at radius 3 is 2.90 bits per heavy atom. The molecule has 0 radical (unpaired) electrons. The first-order chi connectivity index (χ1) is 9.59. The van der Waals surface area contributed by atoms with E-state index in [9.17, 15) is 4.79 Å². The Morgan fingerprint density at radius 1 is 1.40 bits per heavy atom. The molecule has 1 atom stereocenters. The van der Waals surface area contributed by atoms with Crippen molar-refractivity contribution in [2.24, 2.45) is 5.92 Å². The maximum absolute atomic E-state index is 12.4. The maximum Gasteiger partial charge on any atom is 0.278 e. The number of benzene rings is 1. The standard InChI is InChI=1S/C17H26N2O/c1-13(2)8-10-18-12-17(20)19-11-9-15-6-4-5-7-16(15)14(19)3/h4-7,13-14,18H,8-12H2,1-3H3/p+1/t14-/m0/s1. The molecular weight excluding hydrogens is 248 g/mol. The highest BCUT2D eigenvalue weighted by Gasteiger charge is 2.27. The molecule has 2 N–H and O–H groups in total. The van der Waals surface area contributed by atoms with Crippen LogP contribution in [0.3, 0.4) is 0 Å². The SMILES string of the molecule is CC(C)CC[NH2+]CC(=O)N1CCc2ccccc2[C@@H]1C. The molecule has 1 aliphatic rings. The van der Waals surface area contributed by atoms with Gasteiger partial charge < -0.3 is 10.2 Å². The fourth-order valence-corrected chi connectivity index (χ4v) is 2.91. The largest absolute Gasteiger partial charge is 0.338 e. The third-order valence-electron chi connectivity index (χ3n) is 4.18. The fourth-order valence-electron chi connectivity index (χ4n) is 2.91. The number of rotatable bonds is 5. The summed E-state index contributed by atoms with van der Waals surface area (Å²) in [5, 5.41) is 2.15. The van der Waals surface area contributed by atoms with Crippen LogP contribution in [0.4, 0.5) is 0 Å². The van der Waals surface area contributed by atoms with E-state index >= 15 is 0 Å². The highest BCUT2D eigenvalue weighted by molar-refractivity contribution is 5.77. The van der Waals surface area contributed by atoms with Gasteiger partial charge in [-0.15, -0.1) is 0 Å². The molecule has 1 heterocycles. The lowest BCUT2D eigenvalue weighted by atomic mass is 9.93. The zero-order valence-electron chi connectivity index (χ0n) is 12.9. The first-order valence-electron chi connectivity index (χ1n) is 7.78. The average molecular weight is 275 g/mol. The van der Waals surface area contributed by atoms with Gasteiger partial charge >= 0.3 is 0 Å². The molecule has 2 rings (SSSR count). The monoisotopic (exact) mass is 275 g/mol. The first-order valence-corrected chi connectivity index (χ1v) is 7.78. The Balaban J connectivity index is 1.89. The number of nitrogens with zero attached hydrogens (tertiary/aromatic N) is 1. The molecule has 1 aromatic carbocycles. The van der Waals surface area contributed by atoms with Crippen molar-refractivity contribution >= 4 is 5.91 Å². The number of hydrogen-bond donors (Lipinski definition) is 1. The van der Waals surface area contributed by atoms with E-state index in [1.165, 1.54) is 17.5 Å². The van der Waals surface area contributed by atoms with Crippen LogP contribution >= 0.6 is 0 Å². The first kappa shape index (κ1) is 15.0. The van der Waals surface area contributed by atoms with Crippen molar-refractivity contribution in [1.29, 1.82) is 0 Å². The van der Waals surface area contributed by atoms with Crippen molar-refractivity contribution in [3.8, 4) is 0 Å². The van der Waals surface area contributed by atoms with Gasteiger partial charge in [-0.05, 0) is 36.8 Å². The van der Waals surface area contributed by atoms with Crippen LogP contribution in [0.1, 0.15) is 44.4 Å². The van der Waals surface area contributed by atoms with Crippen LogP contribution in [0, 0.1) is 5.92 Å². The molecule has 0 saturated carbocycles. The van der Waals surface area contributed by atoms with Gasteiger partial charge in [0.25, 0.3) is 5.91 Å². The molecule has 1 amide bonds. The van der Waals surface area contributed by atoms with E-state index < -0.39 is 0 Å². The van der Waals surface area contributed by atoms with Crippen molar-refractivity contribution in [3.63, 3.8) is 0 Å². The van der Waals surface area contributed by atoms with E-state index in [0.717, 1.165) is 19.5 Å².